The number of methoxy groups -OCH3 is 3. The largest absolute Gasteiger partial charge is 0.507 e. The molecule has 4 rings (SSSR count). The Morgan fingerprint density at radius 3 is 2.40 bits per heavy atom. The Kier molecular flexibility index (Phi) is 7.21. The maximum Gasteiger partial charge on any atom is 0.255 e. The summed E-state index contributed by atoms with van der Waals surface area (Å²) < 4.78 is 16.9. The summed E-state index contributed by atoms with van der Waals surface area (Å²) in [5.41, 5.74) is 3.26. The first-order valence-corrected chi connectivity index (χ1v) is 12.3. The van der Waals surface area contributed by atoms with E-state index in [1.165, 1.54) is 17.8 Å². The molecule has 0 aliphatic heterocycles. The summed E-state index contributed by atoms with van der Waals surface area (Å²) in [4.78, 5) is 26.7. The van der Waals surface area contributed by atoms with E-state index in [1.54, 1.807) is 51.7 Å². The number of phenols is 1. The number of hydrogen-bond acceptors (Lipinski definition) is 7. The number of nitrogens with one attached hydrogen (secondary N) is 1. The topological polar surface area (TPSA) is 94.1 Å². The molecule has 1 aliphatic rings. The second-order valence-corrected chi connectivity index (χ2v) is 8.88. The van der Waals surface area contributed by atoms with E-state index >= 15 is 0 Å². The van der Waals surface area contributed by atoms with Crippen LogP contribution in [-0.4, -0.2) is 38.6 Å². The number of thioether (sulfide) groups is 1. The molecule has 0 saturated heterocycles. The summed E-state index contributed by atoms with van der Waals surface area (Å²) in [6.07, 6.45) is 2.90. The van der Waals surface area contributed by atoms with Gasteiger partial charge in [0.15, 0.2) is 16.9 Å². The first-order chi connectivity index (χ1) is 16.9. The number of amides is 1. The van der Waals surface area contributed by atoms with Gasteiger partial charge in [0.1, 0.15) is 5.75 Å². The Balaban J connectivity index is 1.94. The smallest absolute Gasteiger partial charge is 0.255 e. The SMILES string of the molecule is COc1cc2c(c(OC)c1OC)CC[C@H](NC(=O)c1ccccc1O)c1cc(=O)c(SC)ccc1-2. The number of benzene rings is 2. The lowest BCUT2D eigenvalue weighted by molar-refractivity contribution is 0.0932. The van der Waals surface area contributed by atoms with E-state index in [4.69, 9.17) is 14.2 Å². The third kappa shape index (κ3) is 4.53. The molecule has 1 aliphatic carbocycles. The van der Waals surface area contributed by atoms with Crippen molar-refractivity contribution in [1.29, 1.82) is 0 Å². The zero-order valence-electron chi connectivity index (χ0n) is 20.0. The average Bonchev–Trinajstić information content (AvgIpc) is 3.11. The van der Waals surface area contributed by atoms with Gasteiger partial charge in [-0.15, -0.1) is 11.8 Å². The van der Waals surface area contributed by atoms with E-state index in [-0.39, 0.29) is 16.7 Å². The minimum Gasteiger partial charge on any atom is -0.507 e. The van der Waals surface area contributed by atoms with Gasteiger partial charge < -0.3 is 24.6 Å². The highest BCUT2D eigenvalue weighted by Crippen LogP contribution is 2.49. The average molecular weight is 494 g/mol. The molecular weight excluding hydrogens is 466 g/mol. The second-order valence-electron chi connectivity index (χ2n) is 8.03. The summed E-state index contributed by atoms with van der Waals surface area (Å²) in [6.45, 7) is 0. The Labute approximate surface area is 208 Å². The molecule has 0 heterocycles. The number of aromatic hydroxyl groups is 1. The van der Waals surface area contributed by atoms with Gasteiger partial charge >= 0.3 is 0 Å². The van der Waals surface area contributed by atoms with Gasteiger partial charge in [0.25, 0.3) is 5.91 Å². The van der Waals surface area contributed by atoms with Crippen LogP contribution < -0.4 is 25.0 Å². The minimum absolute atomic E-state index is 0.105. The molecule has 2 N–H and O–H groups in total. The third-order valence-corrected chi connectivity index (χ3v) is 6.97. The summed E-state index contributed by atoms with van der Waals surface area (Å²) in [6, 6.07) is 13.1. The van der Waals surface area contributed by atoms with Crippen LogP contribution in [0.25, 0.3) is 11.1 Å². The normalized spacial score (nSPS) is 14.2. The zero-order chi connectivity index (χ0) is 25.1. The number of carbonyl (C=O) groups is 1. The number of fused-ring (bicyclic) bond motifs is 3. The van der Waals surface area contributed by atoms with Crippen molar-refractivity contribution in [1.82, 2.24) is 5.32 Å². The Morgan fingerprint density at radius 1 is 1.00 bits per heavy atom. The van der Waals surface area contributed by atoms with Gasteiger partial charge in [-0.05, 0) is 66.1 Å². The molecule has 0 radical (unpaired) electrons. The molecule has 0 bridgehead atoms. The Hall–Kier alpha value is -3.65. The van der Waals surface area contributed by atoms with Gasteiger partial charge in [0.2, 0.25) is 5.75 Å². The Bertz CT molecular complexity index is 1340. The van der Waals surface area contributed by atoms with Crippen LogP contribution in [0.4, 0.5) is 0 Å². The van der Waals surface area contributed by atoms with E-state index in [1.807, 2.05) is 18.4 Å². The molecule has 0 saturated carbocycles. The predicted molar refractivity (Wildman–Crippen MR) is 136 cm³/mol. The fourth-order valence-corrected chi connectivity index (χ4v) is 4.99. The highest BCUT2D eigenvalue weighted by atomic mass is 32.2. The number of rotatable bonds is 6. The first-order valence-electron chi connectivity index (χ1n) is 11.1. The van der Waals surface area contributed by atoms with Crippen molar-refractivity contribution in [2.45, 2.75) is 23.8 Å². The standard InChI is InChI=1S/C27H27NO6S/c1-32-23-14-18-15-10-12-24(35-4)22(30)13-19(15)20(11-9-16(18)25(33-2)26(23)34-3)28-27(31)17-7-5-6-8-21(17)29/h5-8,10,12-14,20,29H,9,11H2,1-4H3,(H,28,31)/t20-/m0/s1. The third-order valence-electron chi connectivity index (χ3n) is 6.20. The highest BCUT2D eigenvalue weighted by Gasteiger charge is 2.29. The summed E-state index contributed by atoms with van der Waals surface area (Å²) in [5, 5.41) is 13.2. The number of phenolic OH excluding ortho intramolecular Hbond substituents is 1. The van der Waals surface area contributed by atoms with Gasteiger partial charge in [-0.3, -0.25) is 9.59 Å². The molecule has 0 unspecified atom stereocenters. The van der Waals surface area contributed by atoms with E-state index in [2.05, 4.69) is 5.32 Å². The van der Waals surface area contributed by atoms with Gasteiger partial charge in [-0.2, -0.15) is 0 Å². The van der Waals surface area contributed by atoms with Gasteiger partial charge in [-0.25, -0.2) is 0 Å². The van der Waals surface area contributed by atoms with Crippen molar-refractivity contribution in [3.8, 4) is 34.1 Å². The Morgan fingerprint density at radius 2 is 1.74 bits per heavy atom. The quantitative estimate of drug-likeness (QED) is 0.485. The maximum atomic E-state index is 13.1. The van der Waals surface area contributed by atoms with E-state index in [0.29, 0.717) is 40.5 Å². The fourth-order valence-electron chi connectivity index (χ4n) is 4.53. The van der Waals surface area contributed by atoms with Crippen LogP contribution in [0.5, 0.6) is 23.0 Å². The molecule has 7 nitrogen and oxygen atoms in total. The first kappa shape index (κ1) is 24.5. The second kappa shape index (κ2) is 10.3. The van der Waals surface area contributed by atoms with Crippen LogP contribution in [0.1, 0.15) is 33.9 Å². The summed E-state index contributed by atoms with van der Waals surface area (Å²) >= 11 is 1.37. The van der Waals surface area contributed by atoms with Gasteiger partial charge in [-0.1, -0.05) is 18.2 Å². The van der Waals surface area contributed by atoms with Crippen molar-refractivity contribution in [3.63, 3.8) is 0 Å². The maximum absolute atomic E-state index is 13.1. The number of para-hydroxylation sites is 1. The molecule has 0 spiro atoms. The molecule has 0 fully saturated rings. The highest BCUT2D eigenvalue weighted by molar-refractivity contribution is 7.98. The van der Waals surface area contributed by atoms with E-state index in [9.17, 15) is 14.7 Å². The summed E-state index contributed by atoms with van der Waals surface area (Å²) in [5.74, 6) is 1.02. The molecule has 3 aromatic carbocycles. The van der Waals surface area contributed by atoms with E-state index in [0.717, 1.165) is 16.7 Å². The van der Waals surface area contributed by atoms with Crippen LogP contribution in [0.2, 0.25) is 0 Å². The summed E-state index contributed by atoms with van der Waals surface area (Å²) in [7, 11) is 4.69. The van der Waals surface area contributed by atoms with Crippen LogP contribution in [-0.2, 0) is 6.42 Å². The van der Waals surface area contributed by atoms with E-state index < -0.39 is 11.9 Å². The fraction of sp³-hybridized carbons (Fsp3) is 0.259. The van der Waals surface area contributed by atoms with Crippen LogP contribution in [0.15, 0.2) is 58.2 Å². The molecule has 3 aromatic rings. The lowest BCUT2D eigenvalue weighted by atomic mass is 9.96. The minimum atomic E-state index is -0.485. The van der Waals surface area contributed by atoms with Crippen molar-refractivity contribution >= 4 is 17.7 Å². The lowest BCUT2D eigenvalue weighted by Gasteiger charge is -2.19. The molecular formula is C27H27NO6S. The molecule has 1 atom stereocenters. The zero-order valence-corrected chi connectivity index (χ0v) is 20.8. The van der Waals surface area contributed by atoms with Gasteiger partial charge in [0.05, 0.1) is 37.8 Å². The van der Waals surface area contributed by atoms with Crippen molar-refractivity contribution in [2.24, 2.45) is 0 Å². The van der Waals surface area contributed by atoms with Crippen LogP contribution >= 0.6 is 11.8 Å². The molecule has 1 amide bonds. The van der Waals surface area contributed by atoms with Crippen molar-refractivity contribution < 1.29 is 24.1 Å². The molecule has 0 aromatic heterocycles. The number of hydrogen-bond donors (Lipinski definition) is 2. The lowest BCUT2D eigenvalue weighted by Crippen LogP contribution is -2.29. The predicted octanol–water partition coefficient (Wildman–Crippen LogP) is 4.58. The van der Waals surface area contributed by atoms with Crippen LogP contribution in [0.3, 0.4) is 0 Å². The number of carbonyl (C=O) groups excluding carboxylic acids is 1. The molecule has 35 heavy (non-hydrogen) atoms. The van der Waals surface area contributed by atoms with Gasteiger partial charge in [0, 0.05) is 5.56 Å². The van der Waals surface area contributed by atoms with Crippen molar-refractivity contribution in [2.75, 3.05) is 27.6 Å². The number of ether oxygens (including phenoxy) is 3. The monoisotopic (exact) mass is 493 g/mol. The van der Waals surface area contributed by atoms with Crippen LogP contribution in [0, 0.1) is 0 Å². The molecule has 182 valence electrons. The van der Waals surface area contributed by atoms with Crippen molar-refractivity contribution in [3.05, 3.63) is 75.4 Å². The molecule has 8 heteroatoms.